The van der Waals surface area contributed by atoms with Crippen LogP contribution in [-0.4, -0.2) is 55.1 Å². The van der Waals surface area contributed by atoms with Crippen molar-refractivity contribution >= 4 is 17.5 Å². The largest absolute Gasteiger partial charge is 0.394 e. The molecule has 6 nitrogen and oxygen atoms in total. The Hall–Kier alpha value is -1.92. The van der Waals surface area contributed by atoms with Gasteiger partial charge in [-0.3, -0.25) is 9.59 Å². The van der Waals surface area contributed by atoms with Crippen LogP contribution in [0.25, 0.3) is 0 Å². The highest BCUT2D eigenvalue weighted by atomic mass is 16.3. The molecule has 0 aliphatic carbocycles. The summed E-state index contributed by atoms with van der Waals surface area (Å²) in [5.41, 5.74) is 1.95. The topological polar surface area (TPSA) is 81.7 Å². The first kappa shape index (κ1) is 17.1. The van der Waals surface area contributed by atoms with Gasteiger partial charge in [0.15, 0.2) is 0 Å². The van der Waals surface area contributed by atoms with E-state index in [1.54, 1.807) is 30.0 Å². The number of aliphatic hydroxyl groups excluding tert-OH is 1. The molecule has 2 amide bonds. The Morgan fingerprint density at radius 2 is 2.00 bits per heavy atom. The van der Waals surface area contributed by atoms with Crippen LogP contribution in [-0.2, 0) is 4.79 Å². The number of amides is 2. The minimum atomic E-state index is -0.314. The molecule has 0 aliphatic heterocycles. The summed E-state index contributed by atoms with van der Waals surface area (Å²) in [7, 11) is 3.62. The second-order valence-electron chi connectivity index (χ2n) is 5.37. The van der Waals surface area contributed by atoms with Crippen molar-refractivity contribution in [2.75, 3.05) is 32.6 Å². The number of nitrogens with one attached hydrogen (secondary N) is 2. The maximum absolute atomic E-state index is 12.0. The lowest BCUT2D eigenvalue weighted by Gasteiger charge is -2.14. The van der Waals surface area contributed by atoms with Gasteiger partial charge in [0.05, 0.1) is 13.2 Å². The zero-order valence-electron chi connectivity index (χ0n) is 12.9. The second kappa shape index (κ2) is 7.75. The summed E-state index contributed by atoms with van der Waals surface area (Å²) in [5, 5.41) is 14.4. The molecular weight excluding hydrogens is 270 g/mol. The Balaban J connectivity index is 2.84. The molecule has 3 N–H and O–H groups in total. The molecule has 1 atom stereocenters. The first-order valence-electron chi connectivity index (χ1n) is 6.80. The Labute approximate surface area is 125 Å². The highest BCUT2D eigenvalue weighted by Crippen LogP contribution is 2.17. The van der Waals surface area contributed by atoms with E-state index >= 15 is 0 Å². The van der Waals surface area contributed by atoms with Crippen LogP contribution in [0.5, 0.6) is 0 Å². The molecule has 21 heavy (non-hydrogen) atoms. The Morgan fingerprint density at radius 3 is 2.57 bits per heavy atom. The summed E-state index contributed by atoms with van der Waals surface area (Å²) < 4.78 is 0. The molecule has 0 spiro atoms. The number of benzene rings is 1. The van der Waals surface area contributed by atoms with Gasteiger partial charge >= 0.3 is 0 Å². The fraction of sp³-hybridized carbons (Fsp3) is 0.467. The van der Waals surface area contributed by atoms with E-state index in [0.29, 0.717) is 11.3 Å². The van der Waals surface area contributed by atoms with E-state index in [0.717, 1.165) is 5.56 Å². The number of carbonyl (C=O) groups excluding carboxylic acids is 2. The van der Waals surface area contributed by atoms with Crippen molar-refractivity contribution in [3.63, 3.8) is 0 Å². The normalized spacial score (nSPS) is 12.1. The van der Waals surface area contributed by atoms with E-state index in [4.69, 9.17) is 5.11 Å². The summed E-state index contributed by atoms with van der Waals surface area (Å²) in [6.07, 6.45) is 0. The SMILES string of the molecule is Cc1ccc(C(=O)NC(C)CO)cc1NC(=O)CN(C)C. The van der Waals surface area contributed by atoms with Crippen LogP contribution in [0.15, 0.2) is 18.2 Å². The predicted octanol–water partition coefficient (Wildman–Crippen LogP) is 0.606. The van der Waals surface area contributed by atoms with Crippen molar-refractivity contribution < 1.29 is 14.7 Å². The summed E-state index contributed by atoms with van der Waals surface area (Å²) >= 11 is 0. The van der Waals surface area contributed by atoms with Crippen LogP contribution in [0.4, 0.5) is 5.69 Å². The lowest BCUT2D eigenvalue weighted by molar-refractivity contribution is -0.116. The van der Waals surface area contributed by atoms with Crippen molar-refractivity contribution in [3.05, 3.63) is 29.3 Å². The summed E-state index contributed by atoms with van der Waals surface area (Å²) in [4.78, 5) is 25.6. The highest BCUT2D eigenvalue weighted by molar-refractivity contribution is 5.98. The molecule has 116 valence electrons. The van der Waals surface area contributed by atoms with Gasteiger partial charge in [0.25, 0.3) is 5.91 Å². The fourth-order valence-corrected chi connectivity index (χ4v) is 1.73. The van der Waals surface area contributed by atoms with Gasteiger partial charge in [0.1, 0.15) is 0 Å². The van der Waals surface area contributed by atoms with Crippen molar-refractivity contribution in [2.45, 2.75) is 19.9 Å². The lowest BCUT2D eigenvalue weighted by Crippen LogP contribution is -2.35. The van der Waals surface area contributed by atoms with Crippen LogP contribution in [0, 0.1) is 6.92 Å². The summed E-state index contributed by atoms with van der Waals surface area (Å²) in [5.74, 6) is -0.413. The van der Waals surface area contributed by atoms with E-state index in [1.165, 1.54) is 0 Å². The minimum absolute atomic E-state index is 0.121. The molecule has 0 fully saturated rings. The van der Waals surface area contributed by atoms with E-state index in [9.17, 15) is 9.59 Å². The van der Waals surface area contributed by atoms with Crippen LogP contribution in [0.2, 0.25) is 0 Å². The minimum Gasteiger partial charge on any atom is -0.394 e. The number of anilines is 1. The Morgan fingerprint density at radius 1 is 1.33 bits per heavy atom. The number of aryl methyl sites for hydroxylation is 1. The van der Waals surface area contributed by atoms with Crippen molar-refractivity contribution in [3.8, 4) is 0 Å². The molecule has 1 aromatic carbocycles. The second-order valence-corrected chi connectivity index (χ2v) is 5.37. The average molecular weight is 293 g/mol. The zero-order valence-corrected chi connectivity index (χ0v) is 12.9. The van der Waals surface area contributed by atoms with Gasteiger partial charge < -0.3 is 20.6 Å². The van der Waals surface area contributed by atoms with Crippen LogP contribution in [0.1, 0.15) is 22.8 Å². The molecule has 0 saturated carbocycles. The van der Waals surface area contributed by atoms with Gasteiger partial charge in [-0.25, -0.2) is 0 Å². The third-order valence-electron chi connectivity index (χ3n) is 2.89. The summed E-state index contributed by atoms with van der Waals surface area (Å²) in [6.45, 7) is 3.73. The lowest BCUT2D eigenvalue weighted by atomic mass is 10.1. The van der Waals surface area contributed by atoms with Gasteiger partial charge in [0.2, 0.25) is 5.91 Å². The van der Waals surface area contributed by atoms with Crippen LogP contribution in [0.3, 0.4) is 0 Å². The van der Waals surface area contributed by atoms with E-state index in [1.807, 2.05) is 21.0 Å². The quantitative estimate of drug-likeness (QED) is 0.717. The molecule has 6 heteroatoms. The Kier molecular flexibility index (Phi) is 6.33. The molecule has 1 unspecified atom stereocenters. The summed E-state index contributed by atoms with van der Waals surface area (Å²) in [6, 6.07) is 4.80. The maximum Gasteiger partial charge on any atom is 0.251 e. The standard InChI is InChI=1S/C15H23N3O3/c1-10-5-6-12(15(21)16-11(2)9-19)7-13(10)17-14(20)8-18(3)4/h5-7,11,19H,8-9H2,1-4H3,(H,16,21)(H,17,20). The number of nitrogens with zero attached hydrogens (tertiary/aromatic N) is 1. The van der Waals surface area contributed by atoms with Gasteiger partial charge in [-0.2, -0.15) is 0 Å². The maximum atomic E-state index is 12.0. The molecule has 0 bridgehead atoms. The van der Waals surface area contributed by atoms with Crippen LogP contribution < -0.4 is 10.6 Å². The number of rotatable bonds is 6. The van der Waals surface area contributed by atoms with E-state index in [2.05, 4.69) is 10.6 Å². The average Bonchev–Trinajstić information content (AvgIpc) is 2.40. The monoisotopic (exact) mass is 293 g/mol. The van der Waals surface area contributed by atoms with Gasteiger partial charge in [-0.05, 0) is 45.6 Å². The number of likely N-dealkylation sites (N-methyl/N-ethyl adjacent to an activating group) is 1. The highest BCUT2D eigenvalue weighted by Gasteiger charge is 2.12. The van der Waals surface area contributed by atoms with E-state index < -0.39 is 0 Å². The molecule has 0 saturated heterocycles. The number of carbonyl (C=O) groups is 2. The third kappa shape index (κ3) is 5.53. The number of hydrogen-bond acceptors (Lipinski definition) is 4. The van der Waals surface area contributed by atoms with Gasteiger partial charge in [-0.15, -0.1) is 0 Å². The predicted molar refractivity (Wildman–Crippen MR) is 82.4 cm³/mol. The smallest absolute Gasteiger partial charge is 0.251 e. The van der Waals surface area contributed by atoms with Crippen LogP contribution >= 0.6 is 0 Å². The number of hydrogen-bond donors (Lipinski definition) is 3. The molecular formula is C15H23N3O3. The van der Waals surface area contributed by atoms with Gasteiger partial charge in [0, 0.05) is 17.3 Å². The first-order valence-corrected chi connectivity index (χ1v) is 6.80. The number of aliphatic hydroxyl groups is 1. The van der Waals surface area contributed by atoms with Crippen molar-refractivity contribution in [1.29, 1.82) is 0 Å². The molecule has 1 aromatic rings. The van der Waals surface area contributed by atoms with Crippen molar-refractivity contribution in [1.82, 2.24) is 10.2 Å². The molecule has 0 aromatic heterocycles. The first-order chi connectivity index (χ1) is 9.83. The zero-order chi connectivity index (χ0) is 16.0. The van der Waals surface area contributed by atoms with Gasteiger partial charge in [-0.1, -0.05) is 6.07 Å². The third-order valence-corrected chi connectivity index (χ3v) is 2.89. The van der Waals surface area contributed by atoms with E-state index in [-0.39, 0.29) is 31.0 Å². The molecule has 0 aliphatic rings. The molecule has 0 radical (unpaired) electrons. The Bertz CT molecular complexity index is 515. The molecule has 0 heterocycles. The molecule has 1 rings (SSSR count). The fourth-order valence-electron chi connectivity index (χ4n) is 1.73. The van der Waals surface area contributed by atoms with Crippen molar-refractivity contribution in [2.24, 2.45) is 0 Å².